The molecule has 0 fully saturated rings. The van der Waals surface area contributed by atoms with Crippen molar-refractivity contribution in [1.29, 1.82) is 0 Å². The molecule has 5 heavy (non-hydrogen) atoms. The summed E-state index contributed by atoms with van der Waals surface area (Å²) in [5.74, 6) is 0.778. The van der Waals surface area contributed by atoms with Crippen LogP contribution in [-0.4, -0.2) is 11.8 Å². The number of hydrogen-bond acceptors (Lipinski definition) is 1. The first kappa shape index (κ1) is 4.77. The lowest BCUT2D eigenvalue weighted by Crippen LogP contribution is -1.79. The predicted molar refractivity (Wildman–Crippen MR) is 21.9 cm³/mol. The molecule has 3 heteroatoms. The molecule has 1 atom stereocenters. The van der Waals surface area contributed by atoms with E-state index in [2.05, 4.69) is 0 Å². The average Bonchev–Trinajstić information content (AvgIpc) is 1.38. The maximum absolute atomic E-state index is 10.7. The Morgan fingerprint density at radius 2 is 2.20 bits per heavy atom. The van der Waals surface area contributed by atoms with Gasteiger partial charge in [-0.2, -0.15) is 4.39 Å². The summed E-state index contributed by atoms with van der Waals surface area (Å²) in [4.78, 5) is 9.07. The fraction of sp³-hybridized carbons (Fsp3) is 0. The minimum atomic E-state index is -1.41. The first-order valence-corrected chi connectivity index (χ1v) is 1.68. The van der Waals surface area contributed by atoms with Crippen LogP contribution in [0.1, 0.15) is 0 Å². The van der Waals surface area contributed by atoms with Crippen molar-refractivity contribution >= 4 is 20.7 Å². The standard InChI is InChI=1S/C2H2FOP/c3-2(4)1-5/h1,5H/p+1. The Hall–Kier alpha value is -0.230. The van der Waals surface area contributed by atoms with Crippen LogP contribution in [0.5, 0.6) is 0 Å². The van der Waals surface area contributed by atoms with E-state index in [0.717, 1.165) is 5.80 Å². The lowest BCUT2D eigenvalue weighted by Gasteiger charge is -1.50. The molecule has 0 amide bonds. The van der Waals surface area contributed by atoms with E-state index in [1.807, 2.05) is 8.86 Å². The number of carbonyl (C=O) groups excluding carboxylic acids is 1. The van der Waals surface area contributed by atoms with Crippen LogP contribution in [0.15, 0.2) is 0 Å². The largest absolute Gasteiger partial charge is 0.365 e. The molecule has 0 aromatic carbocycles. The van der Waals surface area contributed by atoms with Crippen molar-refractivity contribution < 1.29 is 9.18 Å². The van der Waals surface area contributed by atoms with Gasteiger partial charge in [0.25, 0.3) is 0 Å². The van der Waals surface area contributed by atoms with Crippen molar-refractivity contribution in [3.05, 3.63) is 0 Å². The van der Waals surface area contributed by atoms with E-state index in [1.165, 1.54) is 0 Å². The third-order valence-corrected chi connectivity index (χ3v) is 0.393. The smallest absolute Gasteiger partial charge is 0.252 e. The molecule has 0 heterocycles. The first-order chi connectivity index (χ1) is 2.27. The Balaban J connectivity index is 3.20. The van der Waals surface area contributed by atoms with Crippen molar-refractivity contribution in [3.8, 4) is 0 Å². The second kappa shape index (κ2) is 2.04. The molecule has 0 aliphatic carbocycles. The molecule has 0 aromatic heterocycles. The van der Waals surface area contributed by atoms with E-state index in [1.54, 1.807) is 0 Å². The first-order valence-electron chi connectivity index (χ1n) is 1.02. The molecule has 0 bridgehead atoms. The highest BCUT2D eigenvalue weighted by atomic mass is 31.0. The van der Waals surface area contributed by atoms with Crippen LogP contribution in [-0.2, 0) is 4.79 Å². The van der Waals surface area contributed by atoms with Gasteiger partial charge >= 0.3 is 6.04 Å². The van der Waals surface area contributed by atoms with Gasteiger partial charge in [0, 0.05) is 0 Å². The Bertz CT molecular complexity index is 60.7. The van der Waals surface area contributed by atoms with E-state index in [9.17, 15) is 4.39 Å². The van der Waals surface area contributed by atoms with Crippen LogP contribution in [0.2, 0.25) is 0 Å². The van der Waals surface area contributed by atoms with Gasteiger partial charge in [0.1, 0.15) is 0 Å². The van der Waals surface area contributed by atoms with E-state index < -0.39 is 6.04 Å². The minimum absolute atomic E-state index is 0.778. The third-order valence-electron chi connectivity index (χ3n) is 0.131. The summed E-state index contributed by atoms with van der Waals surface area (Å²) in [7, 11) is 1.84. The molecule has 0 spiro atoms. The zero-order valence-corrected chi connectivity index (χ0v) is 3.60. The Labute approximate surface area is 31.0 Å². The van der Waals surface area contributed by atoms with Gasteiger partial charge in [-0.1, -0.05) is 0 Å². The van der Waals surface area contributed by atoms with Crippen molar-refractivity contribution in [1.82, 2.24) is 0 Å². The molecule has 28 valence electrons. The van der Waals surface area contributed by atoms with Gasteiger partial charge in [-0.25, -0.2) is 0 Å². The molecule has 0 aromatic rings. The van der Waals surface area contributed by atoms with Crippen LogP contribution in [0.3, 0.4) is 0 Å². The van der Waals surface area contributed by atoms with Gasteiger partial charge in [-0.15, -0.1) is 0 Å². The zero-order chi connectivity index (χ0) is 4.28. The van der Waals surface area contributed by atoms with Crippen LogP contribution < -0.4 is 0 Å². The average molecular weight is 93.0 g/mol. The number of carbonyl (C=O) groups is 1. The number of halogens is 1. The maximum atomic E-state index is 10.7. The Morgan fingerprint density at radius 3 is 2.20 bits per heavy atom. The normalized spacial score (nSPS) is 6.60. The molecule has 0 saturated heterocycles. The quantitative estimate of drug-likeness (QED) is 0.333. The van der Waals surface area contributed by atoms with Gasteiger partial charge in [0.05, 0.1) is 8.86 Å². The molecule has 0 N–H and O–H groups in total. The monoisotopic (exact) mass is 93.0 g/mol. The van der Waals surface area contributed by atoms with Gasteiger partial charge in [-0.05, 0) is 0 Å². The molecular weight excluding hydrogens is 90.0 g/mol. The summed E-state index contributed by atoms with van der Waals surface area (Å²) in [5, 5.41) is 0. The molecule has 0 aliphatic rings. The fourth-order valence-corrected chi connectivity index (χ4v) is 0. The summed E-state index contributed by atoms with van der Waals surface area (Å²) >= 11 is 0. The van der Waals surface area contributed by atoms with Crippen LogP contribution >= 0.6 is 8.86 Å². The van der Waals surface area contributed by atoms with Gasteiger partial charge in [0.15, 0.2) is 5.80 Å². The van der Waals surface area contributed by atoms with E-state index in [-0.39, 0.29) is 0 Å². The highest BCUT2D eigenvalue weighted by Crippen LogP contribution is 1.63. The zero-order valence-electron chi connectivity index (χ0n) is 2.44. The summed E-state index contributed by atoms with van der Waals surface area (Å²) in [6.07, 6.45) is 0. The van der Waals surface area contributed by atoms with Crippen LogP contribution in [0.4, 0.5) is 4.39 Å². The van der Waals surface area contributed by atoms with Crippen molar-refractivity contribution in [3.63, 3.8) is 0 Å². The number of rotatable bonds is 1. The van der Waals surface area contributed by atoms with Gasteiger partial charge in [-0.3, -0.25) is 4.79 Å². The lowest BCUT2D eigenvalue weighted by atomic mass is 10.9. The molecular formula is C2H3FOP+. The molecule has 0 saturated carbocycles. The van der Waals surface area contributed by atoms with Gasteiger partial charge in [0.2, 0.25) is 0 Å². The van der Waals surface area contributed by atoms with Crippen molar-refractivity contribution in [2.75, 3.05) is 0 Å². The highest BCUT2D eigenvalue weighted by Gasteiger charge is 1.84. The second-order valence-electron chi connectivity index (χ2n) is 0.471. The van der Waals surface area contributed by atoms with Crippen molar-refractivity contribution in [2.24, 2.45) is 0 Å². The molecule has 1 unspecified atom stereocenters. The van der Waals surface area contributed by atoms with Crippen molar-refractivity contribution in [2.45, 2.75) is 0 Å². The minimum Gasteiger partial charge on any atom is -0.252 e. The molecule has 0 radical (unpaired) electrons. The second-order valence-corrected chi connectivity index (χ2v) is 0.804. The van der Waals surface area contributed by atoms with Crippen LogP contribution in [0.25, 0.3) is 0 Å². The summed E-state index contributed by atoms with van der Waals surface area (Å²) < 4.78 is 10.7. The predicted octanol–water partition coefficient (Wildman–Crippen LogP) is 0.160. The molecule has 0 rings (SSSR count). The van der Waals surface area contributed by atoms with E-state index in [0.29, 0.717) is 0 Å². The highest BCUT2D eigenvalue weighted by molar-refractivity contribution is 7.21. The molecule has 1 nitrogen and oxygen atoms in total. The Kier molecular flexibility index (Phi) is 1.94. The summed E-state index contributed by atoms with van der Waals surface area (Å²) in [6, 6.07) is -1.41. The summed E-state index contributed by atoms with van der Waals surface area (Å²) in [6.45, 7) is 0. The topological polar surface area (TPSA) is 17.1 Å². The Morgan fingerprint density at radius 1 is 2.00 bits per heavy atom. The molecule has 0 aliphatic heterocycles. The lowest BCUT2D eigenvalue weighted by molar-refractivity contribution is -0.121. The fourth-order valence-electron chi connectivity index (χ4n) is 0. The third kappa shape index (κ3) is 3.77. The van der Waals surface area contributed by atoms with E-state index >= 15 is 0 Å². The number of hydrogen-bond donors (Lipinski definition) is 0. The van der Waals surface area contributed by atoms with Gasteiger partial charge < -0.3 is 0 Å². The van der Waals surface area contributed by atoms with E-state index in [4.69, 9.17) is 4.79 Å². The van der Waals surface area contributed by atoms with Crippen LogP contribution in [0, 0.1) is 0 Å². The summed E-state index contributed by atoms with van der Waals surface area (Å²) in [5.41, 5.74) is 0. The SMILES string of the molecule is O=C(F)C=[PH2+]. The maximum Gasteiger partial charge on any atom is 0.365 e.